The van der Waals surface area contributed by atoms with E-state index in [-0.39, 0.29) is 24.2 Å². The van der Waals surface area contributed by atoms with Gasteiger partial charge in [0.2, 0.25) is 11.8 Å². The van der Waals surface area contributed by atoms with Gasteiger partial charge in [0.15, 0.2) is 4.96 Å². The highest BCUT2D eigenvalue weighted by molar-refractivity contribution is 7.15. The third kappa shape index (κ3) is 3.72. The van der Waals surface area contributed by atoms with Gasteiger partial charge in [0.1, 0.15) is 0 Å². The molecular formula is C24H22N4O2S. The number of anilines is 2. The van der Waals surface area contributed by atoms with Crippen molar-refractivity contribution < 1.29 is 9.59 Å². The monoisotopic (exact) mass is 430 g/mol. The van der Waals surface area contributed by atoms with Crippen LogP contribution in [0.25, 0.3) is 16.2 Å². The van der Waals surface area contributed by atoms with Crippen molar-refractivity contribution in [3.8, 4) is 11.3 Å². The van der Waals surface area contributed by atoms with Crippen LogP contribution < -0.4 is 10.2 Å². The third-order valence-corrected chi connectivity index (χ3v) is 6.47. The van der Waals surface area contributed by atoms with Gasteiger partial charge in [-0.15, -0.1) is 11.3 Å². The summed E-state index contributed by atoms with van der Waals surface area (Å²) in [6.07, 6.45) is 5.05. The van der Waals surface area contributed by atoms with Gasteiger partial charge in [-0.25, -0.2) is 4.98 Å². The van der Waals surface area contributed by atoms with Crippen LogP contribution in [-0.2, 0) is 16.0 Å². The Labute approximate surface area is 184 Å². The molecule has 4 aromatic rings. The average Bonchev–Trinajstić information content (AvgIpc) is 3.49. The van der Waals surface area contributed by atoms with Gasteiger partial charge in [-0.3, -0.25) is 14.0 Å². The van der Waals surface area contributed by atoms with Crippen molar-refractivity contribution in [3.63, 3.8) is 0 Å². The number of nitrogens with one attached hydrogen (secondary N) is 1. The zero-order chi connectivity index (χ0) is 21.4. The van der Waals surface area contributed by atoms with Crippen molar-refractivity contribution in [1.82, 2.24) is 9.38 Å². The Kier molecular flexibility index (Phi) is 5.03. The Morgan fingerprint density at radius 2 is 2.00 bits per heavy atom. The van der Waals surface area contributed by atoms with E-state index >= 15 is 0 Å². The fourth-order valence-corrected chi connectivity index (χ4v) is 4.72. The van der Waals surface area contributed by atoms with Crippen LogP contribution in [0.3, 0.4) is 0 Å². The van der Waals surface area contributed by atoms with Gasteiger partial charge >= 0.3 is 0 Å². The Morgan fingerprint density at radius 1 is 1.19 bits per heavy atom. The third-order valence-electron chi connectivity index (χ3n) is 5.70. The summed E-state index contributed by atoms with van der Waals surface area (Å²) >= 11 is 1.59. The highest BCUT2D eigenvalue weighted by Crippen LogP contribution is 2.29. The van der Waals surface area contributed by atoms with Crippen LogP contribution in [0.2, 0.25) is 0 Å². The number of imidazole rings is 1. The molecule has 1 aliphatic rings. The fraction of sp³-hybridized carbons (Fsp3) is 0.208. The maximum atomic E-state index is 12.8. The topological polar surface area (TPSA) is 66.7 Å². The molecule has 0 aliphatic carbocycles. The molecule has 1 saturated heterocycles. The van der Waals surface area contributed by atoms with Gasteiger partial charge in [-0.1, -0.05) is 37.3 Å². The SMILES string of the molecule is CCc1ccccc1N1C[C@@H](C(=O)Nc2ccc(-c3cn4ccsc4n3)cc2)CC1=O. The molecule has 0 spiro atoms. The van der Waals surface area contributed by atoms with E-state index in [1.165, 1.54) is 0 Å². The van der Waals surface area contributed by atoms with Gasteiger partial charge in [0, 0.05) is 47.7 Å². The predicted octanol–water partition coefficient (Wildman–Crippen LogP) is 4.62. The fourth-order valence-electron chi connectivity index (χ4n) is 4.02. The molecule has 5 rings (SSSR count). The molecule has 31 heavy (non-hydrogen) atoms. The minimum atomic E-state index is -0.364. The number of carbonyl (C=O) groups excluding carboxylic acids is 2. The molecule has 156 valence electrons. The van der Waals surface area contributed by atoms with Crippen LogP contribution in [0.1, 0.15) is 18.9 Å². The van der Waals surface area contributed by atoms with Crippen LogP contribution in [0.15, 0.2) is 66.3 Å². The molecule has 3 heterocycles. The second-order valence-corrected chi connectivity index (χ2v) is 8.55. The molecule has 2 aromatic heterocycles. The van der Waals surface area contributed by atoms with Gasteiger partial charge < -0.3 is 10.2 Å². The normalized spacial score (nSPS) is 16.2. The lowest BCUT2D eigenvalue weighted by molar-refractivity contribution is -0.122. The maximum absolute atomic E-state index is 12.8. The van der Waals surface area contributed by atoms with E-state index in [4.69, 9.17) is 0 Å². The van der Waals surface area contributed by atoms with Gasteiger partial charge in [0.25, 0.3) is 0 Å². The number of carbonyl (C=O) groups is 2. The van der Waals surface area contributed by atoms with Crippen LogP contribution in [-0.4, -0.2) is 27.7 Å². The summed E-state index contributed by atoms with van der Waals surface area (Å²) in [5.41, 5.74) is 4.64. The number of rotatable bonds is 5. The first-order valence-corrected chi connectivity index (χ1v) is 11.2. The summed E-state index contributed by atoms with van der Waals surface area (Å²) in [6, 6.07) is 15.5. The van der Waals surface area contributed by atoms with E-state index < -0.39 is 0 Å². The minimum Gasteiger partial charge on any atom is -0.326 e. The number of fused-ring (bicyclic) bond motifs is 1. The number of thiazole rings is 1. The highest BCUT2D eigenvalue weighted by atomic mass is 32.1. The largest absolute Gasteiger partial charge is 0.326 e. The van der Waals surface area contributed by atoms with Crippen molar-refractivity contribution in [1.29, 1.82) is 0 Å². The molecule has 1 N–H and O–H groups in total. The molecule has 2 amide bonds. The molecule has 6 nitrogen and oxygen atoms in total. The van der Waals surface area contributed by atoms with Gasteiger partial charge in [-0.05, 0) is 30.2 Å². The quantitative estimate of drug-likeness (QED) is 0.503. The Bertz CT molecular complexity index is 1230. The number of aryl methyl sites for hydroxylation is 1. The van der Waals surface area contributed by atoms with Crippen molar-refractivity contribution in [2.45, 2.75) is 19.8 Å². The van der Waals surface area contributed by atoms with Gasteiger partial charge in [-0.2, -0.15) is 0 Å². The molecule has 0 saturated carbocycles. The second-order valence-electron chi connectivity index (χ2n) is 7.67. The number of amides is 2. The van der Waals surface area contributed by atoms with Crippen molar-refractivity contribution in [2.75, 3.05) is 16.8 Å². The van der Waals surface area contributed by atoms with E-state index in [9.17, 15) is 9.59 Å². The van der Waals surface area contributed by atoms with Crippen molar-refractivity contribution in [3.05, 3.63) is 71.9 Å². The lowest BCUT2D eigenvalue weighted by Crippen LogP contribution is -2.28. The predicted molar refractivity (Wildman–Crippen MR) is 123 cm³/mol. The molecule has 1 atom stereocenters. The van der Waals surface area contributed by atoms with Crippen LogP contribution >= 0.6 is 11.3 Å². The Hall–Kier alpha value is -3.45. The minimum absolute atomic E-state index is 0.00357. The van der Waals surface area contributed by atoms with E-state index in [1.54, 1.807) is 16.2 Å². The molecular weight excluding hydrogens is 408 g/mol. The maximum Gasteiger partial charge on any atom is 0.229 e. The number of hydrogen-bond donors (Lipinski definition) is 1. The molecule has 2 aromatic carbocycles. The zero-order valence-corrected chi connectivity index (χ0v) is 17.9. The standard InChI is InChI=1S/C24H22N4O2S/c1-2-16-5-3-4-6-21(16)28-14-18(13-22(28)29)23(30)25-19-9-7-17(8-10-19)20-15-27-11-12-31-24(27)26-20/h3-12,15,18H,2,13-14H2,1H3,(H,25,30)/t18-/m0/s1. The molecule has 1 aliphatic heterocycles. The van der Waals surface area contributed by atoms with E-state index in [0.717, 1.165) is 39.6 Å². The summed E-state index contributed by atoms with van der Waals surface area (Å²) in [7, 11) is 0. The molecule has 1 fully saturated rings. The first kappa shape index (κ1) is 19.5. The number of nitrogens with zero attached hydrogens (tertiary/aromatic N) is 3. The first-order valence-electron chi connectivity index (χ1n) is 10.3. The Morgan fingerprint density at radius 3 is 2.77 bits per heavy atom. The lowest BCUT2D eigenvalue weighted by Gasteiger charge is -2.20. The number of hydrogen-bond acceptors (Lipinski definition) is 4. The molecule has 0 bridgehead atoms. The van der Waals surface area contributed by atoms with Crippen LogP contribution in [0.5, 0.6) is 0 Å². The summed E-state index contributed by atoms with van der Waals surface area (Å²) in [4.78, 5) is 32.7. The van der Waals surface area contributed by atoms with Gasteiger partial charge in [0.05, 0.1) is 11.6 Å². The summed E-state index contributed by atoms with van der Waals surface area (Å²) in [6.45, 7) is 2.48. The summed E-state index contributed by atoms with van der Waals surface area (Å²) < 4.78 is 2.00. The second kappa shape index (κ2) is 8.00. The van der Waals surface area contributed by atoms with Crippen molar-refractivity contribution >= 4 is 39.5 Å². The van der Waals surface area contributed by atoms with Crippen LogP contribution in [0, 0.1) is 5.92 Å². The first-order chi connectivity index (χ1) is 15.1. The highest BCUT2D eigenvalue weighted by Gasteiger charge is 2.35. The average molecular weight is 431 g/mol. The Balaban J connectivity index is 1.27. The van der Waals surface area contributed by atoms with E-state index in [0.29, 0.717) is 6.54 Å². The lowest BCUT2D eigenvalue weighted by atomic mass is 10.1. The summed E-state index contributed by atoms with van der Waals surface area (Å²) in [5.74, 6) is -0.492. The molecule has 0 radical (unpaired) electrons. The number of aromatic nitrogens is 2. The molecule has 7 heteroatoms. The van der Waals surface area contributed by atoms with Crippen molar-refractivity contribution in [2.24, 2.45) is 5.92 Å². The number of para-hydroxylation sites is 1. The summed E-state index contributed by atoms with van der Waals surface area (Å²) in [5, 5.41) is 4.96. The zero-order valence-electron chi connectivity index (χ0n) is 17.1. The van der Waals surface area contributed by atoms with E-state index in [1.807, 2.05) is 70.7 Å². The van der Waals surface area contributed by atoms with E-state index in [2.05, 4.69) is 17.2 Å². The smallest absolute Gasteiger partial charge is 0.229 e. The number of benzene rings is 2. The van der Waals surface area contributed by atoms with Crippen LogP contribution in [0.4, 0.5) is 11.4 Å². The molecule has 0 unspecified atom stereocenters.